The second-order valence-corrected chi connectivity index (χ2v) is 8.15. The van der Waals surface area contributed by atoms with Crippen LogP contribution in [0.4, 0.5) is 17.5 Å². The van der Waals surface area contributed by atoms with E-state index in [1.54, 1.807) is 6.07 Å². The molecule has 0 aliphatic heterocycles. The summed E-state index contributed by atoms with van der Waals surface area (Å²) in [5.41, 5.74) is 8.90. The first kappa shape index (κ1) is 20.8. The minimum atomic E-state index is 0.362. The molecule has 9 heteroatoms. The van der Waals surface area contributed by atoms with Crippen LogP contribution in [-0.2, 0) is 0 Å². The Hall–Kier alpha value is -4.11. The van der Waals surface area contributed by atoms with E-state index < -0.39 is 0 Å². The molecule has 2 aromatic heterocycles. The van der Waals surface area contributed by atoms with Gasteiger partial charge in [-0.15, -0.1) is 5.10 Å². The van der Waals surface area contributed by atoms with Gasteiger partial charge in [0.05, 0.1) is 0 Å². The molecular formula is C24H21N7OS. The number of nitrogen functional groups attached to an aromatic ring is 1. The van der Waals surface area contributed by atoms with Crippen LogP contribution in [0.5, 0.6) is 11.6 Å². The molecule has 0 aliphatic rings. The van der Waals surface area contributed by atoms with Gasteiger partial charge in [0.25, 0.3) is 0 Å². The lowest BCUT2D eigenvalue weighted by Crippen LogP contribution is -1.97. The quantitative estimate of drug-likeness (QED) is 0.225. The molecule has 5 aromatic rings. The zero-order valence-corrected chi connectivity index (χ0v) is 18.9. The zero-order valence-electron chi connectivity index (χ0n) is 18.0. The highest BCUT2D eigenvalue weighted by Crippen LogP contribution is 2.35. The molecule has 8 nitrogen and oxygen atoms in total. The lowest BCUT2D eigenvalue weighted by Gasteiger charge is -2.11. The van der Waals surface area contributed by atoms with Crippen LogP contribution >= 0.6 is 11.8 Å². The fraction of sp³-hybridized carbons (Fsp3) is 0.0833. The van der Waals surface area contributed by atoms with Crippen LogP contribution in [0.1, 0.15) is 5.56 Å². The number of thioether (sulfide) groups is 1. The van der Waals surface area contributed by atoms with E-state index >= 15 is 0 Å². The second kappa shape index (κ2) is 8.79. The van der Waals surface area contributed by atoms with Gasteiger partial charge in [0, 0.05) is 22.7 Å². The van der Waals surface area contributed by atoms with Crippen LogP contribution in [0.3, 0.4) is 0 Å². The monoisotopic (exact) mass is 455 g/mol. The van der Waals surface area contributed by atoms with Crippen molar-refractivity contribution in [2.24, 2.45) is 0 Å². The van der Waals surface area contributed by atoms with E-state index in [-0.39, 0.29) is 0 Å². The number of aromatic amines is 1. The molecule has 4 N–H and O–H groups in total. The SMILES string of the molecule is CSc1nc(N)cc(Oc2ccc(-c3nc(Nc4cccc(C)c4)n[nH]3)c3ccccc23)n1. The highest BCUT2D eigenvalue weighted by molar-refractivity contribution is 7.98. The van der Waals surface area contributed by atoms with E-state index in [0.717, 1.165) is 27.6 Å². The predicted octanol–water partition coefficient (Wildman–Crippen LogP) is 5.56. The highest BCUT2D eigenvalue weighted by Gasteiger charge is 2.14. The van der Waals surface area contributed by atoms with Crippen molar-refractivity contribution in [1.82, 2.24) is 25.1 Å². The maximum absolute atomic E-state index is 6.10. The van der Waals surface area contributed by atoms with Gasteiger partial charge >= 0.3 is 0 Å². The third-order valence-electron chi connectivity index (χ3n) is 5.00. The smallest absolute Gasteiger partial charge is 0.246 e. The Morgan fingerprint density at radius 2 is 1.79 bits per heavy atom. The van der Waals surface area contributed by atoms with E-state index in [0.29, 0.717) is 34.4 Å². The summed E-state index contributed by atoms with van der Waals surface area (Å²) in [5.74, 6) is 2.58. The number of hydrogen-bond acceptors (Lipinski definition) is 8. The maximum atomic E-state index is 6.10. The van der Waals surface area contributed by atoms with Crippen molar-refractivity contribution in [2.45, 2.75) is 12.1 Å². The Bertz CT molecular complexity index is 1450. The number of ether oxygens (including phenoxy) is 1. The van der Waals surface area contributed by atoms with Crippen LogP contribution < -0.4 is 15.8 Å². The van der Waals surface area contributed by atoms with Crippen LogP contribution in [0, 0.1) is 6.92 Å². The lowest BCUT2D eigenvalue weighted by atomic mass is 10.0. The number of benzene rings is 3. The Labute approximate surface area is 194 Å². The van der Waals surface area contributed by atoms with Gasteiger partial charge in [0.1, 0.15) is 11.6 Å². The first-order valence-corrected chi connectivity index (χ1v) is 11.5. The molecule has 164 valence electrons. The molecule has 2 heterocycles. The molecule has 0 fully saturated rings. The van der Waals surface area contributed by atoms with Crippen molar-refractivity contribution < 1.29 is 4.74 Å². The van der Waals surface area contributed by atoms with Gasteiger partial charge in [-0.3, -0.25) is 5.10 Å². The normalized spacial score (nSPS) is 11.0. The summed E-state index contributed by atoms with van der Waals surface area (Å²) in [5, 5.41) is 13.1. The lowest BCUT2D eigenvalue weighted by molar-refractivity contribution is 0.461. The van der Waals surface area contributed by atoms with E-state index in [1.165, 1.54) is 11.8 Å². The molecular weight excluding hydrogens is 434 g/mol. The first-order valence-electron chi connectivity index (χ1n) is 10.2. The molecule has 0 radical (unpaired) electrons. The third-order valence-corrected chi connectivity index (χ3v) is 5.55. The van der Waals surface area contributed by atoms with Crippen molar-refractivity contribution >= 4 is 40.0 Å². The van der Waals surface area contributed by atoms with Gasteiger partial charge in [-0.1, -0.05) is 48.2 Å². The topological polar surface area (TPSA) is 115 Å². The Kier molecular flexibility index (Phi) is 5.54. The van der Waals surface area contributed by atoms with E-state index in [2.05, 4.69) is 30.5 Å². The van der Waals surface area contributed by atoms with Crippen LogP contribution in [-0.4, -0.2) is 31.4 Å². The Balaban J connectivity index is 1.49. The summed E-state index contributed by atoms with van der Waals surface area (Å²) in [6.45, 7) is 2.04. The van der Waals surface area contributed by atoms with Crippen molar-refractivity contribution in [3.8, 4) is 23.0 Å². The molecule has 0 amide bonds. The minimum absolute atomic E-state index is 0.362. The van der Waals surface area contributed by atoms with Crippen molar-refractivity contribution in [1.29, 1.82) is 0 Å². The Morgan fingerprint density at radius 3 is 2.61 bits per heavy atom. The number of anilines is 3. The summed E-state index contributed by atoms with van der Waals surface area (Å²) in [4.78, 5) is 13.2. The summed E-state index contributed by atoms with van der Waals surface area (Å²) in [6, 6.07) is 21.5. The molecule has 0 unspecified atom stereocenters. The number of rotatable bonds is 6. The average molecular weight is 456 g/mol. The number of fused-ring (bicyclic) bond motifs is 1. The number of H-pyrrole nitrogens is 1. The molecule has 5 rings (SSSR count). The number of aromatic nitrogens is 5. The third kappa shape index (κ3) is 4.44. The van der Waals surface area contributed by atoms with Crippen LogP contribution in [0.25, 0.3) is 22.2 Å². The van der Waals surface area contributed by atoms with Gasteiger partial charge in [0.2, 0.25) is 11.8 Å². The van der Waals surface area contributed by atoms with Crippen LogP contribution in [0.2, 0.25) is 0 Å². The fourth-order valence-corrected chi connectivity index (χ4v) is 3.91. The van der Waals surface area contributed by atoms with E-state index in [1.807, 2.05) is 73.8 Å². The molecule has 0 saturated carbocycles. The summed E-state index contributed by atoms with van der Waals surface area (Å²) in [7, 11) is 0. The van der Waals surface area contributed by atoms with Gasteiger partial charge in [-0.25, -0.2) is 4.98 Å². The average Bonchev–Trinajstić information content (AvgIpc) is 3.27. The largest absolute Gasteiger partial charge is 0.438 e. The van der Waals surface area contributed by atoms with E-state index in [9.17, 15) is 0 Å². The van der Waals surface area contributed by atoms with Gasteiger partial charge in [-0.05, 0) is 48.4 Å². The summed E-state index contributed by atoms with van der Waals surface area (Å²) >= 11 is 1.41. The maximum Gasteiger partial charge on any atom is 0.246 e. The zero-order chi connectivity index (χ0) is 22.8. The Morgan fingerprint density at radius 1 is 0.939 bits per heavy atom. The standard InChI is InChI=1S/C24H21N7OS/c1-14-6-5-7-15(12-14)26-23-29-22(30-31-23)18-10-11-19(17-9-4-3-8-16(17)18)32-21-13-20(25)27-24(28-21)33-2/h3-13H,1-2H3,(H2,25,27,28)(H2,26,29,30,31). The first-order chi connectivity index (χ1) is 16.1. The van der Waals surface area contributed by atoms with Gasteiger partial charge in [-0.2, -0.15) is 9.97 Å². The summed E-state index contributed by atoms with van der Waals surface area (Å²) in [6.07, 6.45) is 1.89. The van der Waals surface area contributed by atoms with Crippen molar-refractivity contribution in [2.75, 3.05) is 17.3 Å². The predicted molar refractivity (Wildman–Crippen MR) is 132 cm³/mol. The summed E-state index contributed by atoms with van der Waals surface area (Å²) < 4.78 is 6.10. The number of hydrogen-bond donors (Lipinski definition) is 3. The molecule has 0 spiro atoms. The number of nitrogens with two attached hydrogens (primary N) is 1. The van der Waals surface area contributed by atoms with Crippen molar-refractivity contribution in [3.05, 3.63) is 72.3 Å². The number of aryl methyl sites for hydroxylation is 1. The molecule has 0 atom stereocenters. The second-order valence-electron chi connectivity index (χ2n) is 7.38. The number of nitrogens with one attached hydrogen (secondary N) is 2. The molecule has 33 heavy (non-hydrogen) atoms. The van der Waals surface area contributed by atoms with Gasteiger partial charge < -0.3 is 15.8 Å². The van der Waals surface area contributed by atoms with E-state index in [4.69, 9.17) is 10.5 Å². The molecule has 0 bridgehead atoms. The van der Waals surface area contributed by atoms with Crippen molar-refractivity contribution in [3.63, 3.8) is 0 Å². The minimum Gasteiger partial charge on any atom is -0.438 e. The van der Waals surface area contributed by atoms with Crippen LogP contribution in [0.15, 0.2) is 71.9 Å². The highest BCUT2D eigenvalue weighted by atomic mass is 32.2. The molecule has 0 aliphatic carbocycles. The van der Waals surface area contributed by atoms with Gasteiger partial charge in [0.15, 0.2) is 11.0 Å². The molecule has 0 saturated heterocycles. The fourth-order valence-electron chi connectivity index (χ4n) is 3.53. The number of nitrogens with zero attached hydrogens (tertiary/aromatic N) is 4. The molecule has 3 aromatic carbocycles.